The normalized spacial score (nSPS) is 28.1. The molecule has 5 rings (SSSR count). The summed E-state index contributed by atoms with van der Waals surface area (Å²) in [4.78, 5) is 32.9. The van der Waals surface area contributed by atoms with Crippen LogP contribution in [0.4, 0.5) is 14.9 Å². The van der Waals surface area contributed by atoms with E-state index < -0.39 is 23.6 Å². The molecule has 1 saturated carbocycles. The highest BCUT2D eigenvalue weighted by Crippen LogP contribution is 2.63. The molecule has 1 aromatic carbocycles. The number of nitrogens with zero attached hydrogens (tertiary/aromatic N) is 3. The number of hydrogen-bond donors (Lipinski definition) is 1. The molecule has 2 amide bonds. The largest absolute Gasteiger partial charge is 0.442 e. The van der Waals surface area contributed by atoms with Gasteiger partial charge < -0.3 is 19.6 Å². The SMILES string of the molecule is [C-]#[N+]C1(c2ccc(-c3ccc(N4C[C@H](CNC(C)=O)OC4=O)cc3F)cn2)[C@@H]2COC[C@@H]21. The zero-order valence-electron chi connectivity index (χ0n) is 17.4. The van der Waals surface area contributed by atoms with Gasteiger partial charge in [0.2, 0.25) is 5.91 Å². The summed E-state index contributed by atoms with van der Waals surface area (Å²) < 4.78 is 25.6. The molecule has 2 aromatic rings. The number of benzene rings is 1. The molecular formula is C23H21FN4O4. The fourth-order valence-corrected chi connectivity index (χ4v) is 4.73. The van der Waals surface area contributed by atoms with E-state index in [1.807, 2.05) is 0 Å². The first kappa shape index (κ1) is 20.4. The lowest BCUT2D eigenvalue weighted by Gasteiger charge is -2.15. The van der Waals surface area contributed by atoms with Crippen LogP contribution in [0.1, 0.15) is 12.6 Å². The van der Waals surface area contributed by atoms with Gasteiger partial charge in [-0.3, -0.25) is 14.7 Å². The quantitative estimate of drug-likeness (QED) is 0.729. The molecule has 0 bridgehead atoms. The third-order valence-corrected chi connectivity index (χ3v) is 6.49. The third-order valence-electron chi connectivity index (χ3n) is 6.49. The lowest BCUT2D eigenvalue weighted by atomic mass is 10.0. The van der Waals surface area contributed by atoms with Gasteiger partial charge in [0, 0.05) is 24.2 Å². The van der Waals surface area contributed by atoms with Crippen LogP contribution in [-0.4, -0.2) is 49.4 Å². The second-order valence-electron chi connectivity index (χ2n) is 8.34. The molecule has 1 N–H and O–H groups in total. The number of pyridine rings is 1. The maximum Gasteiger partial charge on any atom is 0.414 e. The second-order valence-corrected chi connectivity index (χ2v) is 8.34. The minimum absolute atomic E-state index is 0.184. The van der Waals surface area contributed by atoms with E-state index in [2.05, 4.69) is 15.1 Å². The van der Waals surface area contributed by atoms with Crippen molar-refractivity contribution in [2.75, 3.05) is 31.2 Å². The van der Waals surface area contributed by atoms with E-state index in [0.717, 1.165) is 0 Å². The van der Waals surface area contributed by atoms with Crippen LogP contribution in [-0.2, 0) is 19.8 Å². The molecule has 3 heterocycles. The molecule has 0 spiro atoms. The summed E-state index contributed by atoms with van der Waals surface area (Å²) >= 11 is 0. The van der Waals surface area contributed by atoms with Crippen LogP contribution < -0.4 is 10.2 Å². The monoisotopic (exact) mass is 436 g/mol. The van der Waals surface area contributed by atoms with E-state index in [-0.39, 0.29) is 30.8 Å². The van der Waals surface area contributed by atoms with Crippen molar-refractivity contribution in [3.05, 3.63) is 59.5 Å². The molecule has 32 heavy (non-hydrogen) atoms. The Morgan fingerprint density at radius 3 is 2.75 bits per heavy atom. The Morgan fingerprint density at radius 2 is 2.12 bits per heavy atom. The van der Waals surface area contributed by atoms with E-state index in [4.69, 9.17) is 16.0 Å². The molecule has 1 aromatic heterocycles. The lowest BCUT2D eigenvalue weighted by molar-refractivity contribution is -0.119. The number of anilines is 1. The predicted octanol–water partition coefficient (Wildman–Crippen LogP) is 2.74. The Kier molecular flexibility index (Phi) is 4.82. The Bertz CT molecular complexity index is 1120. The number of carbonyl (C=O) groups is 2. The summed E-state index contributed by atoms with van der Waals surface area (Å²) in [6.07, 6.45) is 0.512. The van der Waals surface area contributed by atoms with Crippen molar-refractivity contribution < 1.29 is 23.5 Å². The number of halogens is 1. The van der Waals surface area contributed by atoms with Crippen molar-refractivity contribution in [2.24, 2.45) is 11.8 Å². The molecule has 1 aliphatic carbocycles. The van der Waals surface area contributed by atoms with Crippen molar-refractivity contribution in [3.8, 4) is 11.1 Å². The number of aromatic nitrogens is 1. The highest BCUT2D eigenvalue weighted by atomic mass is 19.1. The zero-order chi connectivity index (χ0) is 22.5. The Labute approximate surface area is 184 Å². The topological polar surface area (TPSA) is 85.1 Å². The van der Waals surface area contributed by atoms with Crippen molar-refractivity contribution in [2.45, 2.75) is 18.6 Å². The third kappa shape index (κ3) is 3.19. The molecule has 8 nitrogen and oxygen atoms in total. The van der Waals surface area contributed by atoms with E-state index in [9.17, 15) is 14.0 Å². The van der Waals surface area contributed by atoms with Crippen molar-refractivity contribution in [1.29, 1.82) is 0 Å². The fraction of sp³-hybridized carbons (Fsp3) is 0.391. The van der Waals surface area contributed by atoms with Crippen LogP contribution >= 0.6 is 0 Å². The van der Waals surface area contributed by atoms with Gasteiger partial charge in [0.15, 0.2) is 0 Å². The standard InChI is InChI=1S/C23H21FN4O4/c1-13(29)26-9-16-10-28(22(30)32-16)15-4-5-17(20(24)7-15)14-3-6-21(27-8-14)23(25-2)18-11-31-12-19(18)23/h3-8,16,18-19H,9-12H2,1H3,(H,26,29)/t16-,18-,19+,23?/m0/s1. The summed E-state index contributed by atoms with van der Waals surface area (Å²) in [6.45, 7) is 10.6. The molecule has 3 aliphatic rings. The van der Waals surface area contributed by atoms with Crippen molar-refractivity contribution >= 4 is 17.7 Å². The molecule has 9 heteroatoms. The van der Waals surface area contributed by atoms with Gasteiger partial charge in [-0.05, 0) is 24.3 Å². The molecule has 2 saturated heterocycles. The maximum atomic E-state index is 14.9. The van der Waals surface area contributed by atoms with Gasteiger partial charge in [0.25, 0.3) is 5.54 Å². The van der Waals surface area contributed by atoms with Gasteiger partial charge in [-0.15, -0.1) is 0 Å². The van der Waals surface area contributed by atoms with E-state index >= 15 is 0 Å². The van der Waals surface area contributed by atoms with E-state index in [1.165, 1.54) is 17.9 Å². The summed E-state index contributed by atoms with van der Waals surface area (Å²) in [7, 11) is 0. The number of rotatable bonds is 5. The van der Waals surface area contributed by atoms with Crippen LogP contribution in [0.5, 0.6) is 0 Å². The van der Waals surface area contributed by atoms with Crippen LogP contribution in [0, 0.1) is 24.2 Å². The Hall–Kier alpha value is -3.51. The lowest BCUT2D eigenvalue weighted by Crippen LogP contribution is -2.33. The van der Waals surface area contributed by atoms with Gasteiger partial charge in [-0.1, -0.05) is 6.07 Å². The zero-order valence-corrected chi connectivity index (χ0v) is 17.4. The number of hydrogen-bond acceptors (Lipinski definition) is 5. The number of fused-ring (bicyclic) bond motifs is 1. The number of amides is 2. The predicted molar refractivity (Wildman–Crippen MR) is 112 cm³/mol. The second kappa shape index (κ2) is 7.57. The summed E-state index contributed by atoms with van der Waals surface area (Å²) in [5.74, 6) is -0.338. The van der Waals surface area contributed by atoms with Gasteiger partial charge in [0.1, 0.15) is 17.6 Å². The summed E-state index contributed by atoms with van der Waals surface area (Å²) in [5.41, 5.74) is 1.42. The highest BCUT2D eigenvalue weighted by Gasteiger charge is 2.77. The molecule has 2 aliphatic heterocycles. The maximum absolute atomic E-state index is 14.9. The number of cyclic esters (lactones) is 1. The number of carbonyl (C=O) groups excluding carboxylic acids is 2. The van der Waals surface area contributed by atoms with Crippen LogP contribution in [0.15, 0.2) is 36.5 Å². The summed E-state index contributed by atoms with van der Waals surface area (Å²) in [6, 6.07) is 8.10. The Balaban J connectivity index is 1.32. The minimum Gasteiger partial charge on any atom is -0.442 e. The average molecular weight is 436 g/mol. The molecule has 3 fully saturated rings. The summed E-state index contributed by atoms with van der Waals surface area (Å²) in [5, 5.41) is 2.61. The molecule has 0 radical (unpaired) electrons. The first-order valence-electron chi connectivity index (χ1n) is 10.4. The minimum atomic E-state index is -0.608. The number of nitrogens with one attached hydrogen (secondary N) is 1. The fourth-order valence-electron chi connectivity index (χ4n) is 4.73. The molecule has 4 atom stereocenters. The van der Waals surface area contributed by atoms with Gasteiger partial charge >= 0.3 is 6.09 Å². The smallest absolute Gasteiger partial charge is 0.414 e. The van der Waals surface area contributed by atoms with Crippen LogP contribution in [0.3, 0.4) is 0 Å². The average Bonchev–Trinajstić information content (AvgIpc) is 3.09. The first-order valence-corrected chi connectivity index (χ1v) is 10.4. The highest BCUT2D eigenvalue weighted by molar-refractivity contribution is 5.90. The van der Waals surface area contributed by atoms with Gasteiger partial charge in [-0.2, -0.15) is 0 Å². The first-order chi connectivity index (χ1) is 15.4. The van der Waals surface area contributed by atoms with Crippen molar-refractivity contribution in [1.82, 2.24) is 10.3 Å². The Morgan fingerprint density at radius 1 is 1.34 bits per heavy atom. The molecule has 164 valence electrons. The van der Waals surface area contributed by atoms with Crippen LogP contribution in [0.2, 0.25) is 0 Å². The van der Waals surface area contributed by atoms with Gasteiger partial charge in [0.05, 0.1) is 43.8 Å². The van der Waals surface area contributed by atoms with Crippen LogP contribution in [0.25, 0.3) is 16.0 Å². The molecule has 1 unspecified atom stereocenters. The van der Waals surface area contributed by atoms with E-state index in [0.29, 0.717) is 35.7 Å². The molecular weight excluding hydrogens is 415 g/mol. The number of ether oxygens (including phenoxy) is 2. The van der Waals surface area contributed by atoms with E-state index in [1.54, 1.807) is 30.5 Å². The van der Waals surface area contributed by atoms with Gasteiger partial charge in [-0.25, -0.2) is 15.8 Å². The van der Waals surface area contributed by atoms with Crippen molar-refractivity contribution in [3.63, 3.8) is 0 Å².